The molecule has 70 valence electrons. The van der Waals surface area contributed by atoms with E-state index >= 15 is 0 Å². The second kappa shape index (κ2) is 6.70. The molecule has 0 bridgehead atoms. The molecule has 0 heterocycles. The lowest BCUT2D eigenvalue weighted by Gasteiger charge is -2.10. The second-order valence-electron chi connectivity index (χ2n) is 2.66. The zero-order chi connectivity index (χ0) is 9.40. The van der Waals surface area contributed by atoms with Crippen molar-refractivity contribution in [2.45, 2.75) is 39.2 Å². The van der Waals surface area contributed by atoms with Gasteiger partial charge in [-0.2, -0.15) is 0 Å². The lowest BCUT2D eigenvalue weighted by Crippen LogP contribution is -2.32. The Morgan fingerprint density at radius 2 is 2.25 bits per heavy atom. The molecule has 0 rings (SSSR count). The summed E-state index contributed by atoms with van der Waals surface area (Å²) in [7, 11) is 0. The predicted molar refractivity (Wildman–Crippen MR) is 48.9 cm³/mol. The van der Waals surface area contributed by atoms with Crippen molar-refractivity contribution in [3.05, 3.63) is 12.3 Å². The third-order valence-electron chi connectivity index (χ3n) is 1.53. The predicted octanol–water partition coefficient (Wildman–Crippen LogP) is 1.75. The molecular formula is C9H17NO2. The van der Waals surface area contributed by atoms with Crippen LogP contribution in [0.3, 0.4) is 0 Å². The SMILES string of the molecule is CCC=CNC(CCC)C(=O)O. The van der Waals surface area contributed by atoms with E-state index in [0.717, 1.165) is 12.8 Å². The largest absolute Gasteiger partial charge is 0.480 e. The van der Waals surface area contributed by atoms with Gasteiger partial charge in [-0.25, -0.2) is 4.79 Å². The van der Waals surface area contributed by atoms with Gasteiger partial charge in [0.2, 0.25) is 0 Å². The Hall–Kier alpha value is -0.990. The zero-order valence-electron chi connectivity index (χ0n) is 7.71. The Labute approximate surface area is 73.5 Å². The molecule has 1 atom stereocenters. The van der Waals surface area contributed by atoms with Crippen LogP contribution in [0.5, 0.6) is 0 Å². The Balaban J connectivity index is 3.78. The van der Waals surface area contributed by atoms with E-state index in [9.17, 15) is 4.79 Å². The summed E-state index contributed by atoms with van der Waals surface area (Å²) >= 11 is 0. The second-order valence-corrected chi connectivity index (χ2v) is 2.66. The maximum Gasteiger partial charge on any atom is 0.326 e. The highest BCUT2D eigenvalue weighted by Crippen LogP contribution is 1.96. The fourth-order valence-corrected chi connectivity index (χ4v) is 0.869. The maximum atomic E-state index is 10.6. The van der Waals surface area contributed by atoms with Gasteiger partial charge in [0, 0.05) is 0 Å². The van der Waals surface area contributed by atoms with Gasteiger partial charge in [-0.15, -0.1) is 0 Å². The maximum absolute atomic E-state index is 10.6. The summed E-state index contributed by atoms with van der Waals surface area (Å²) in [5, 5.41) is 11.5. The molecule has 3 nitrogen and oxygen atoms in total. The molecule has 0 aliphatic carbocycles. The average molecular weight is 171 g/mol. The molecule has 0 fully saturated rings. The van der Waals surface area contributed by atoms with Crippen molar-refractivity contribution in [3.8, 4) is 0 Å². The molecule has 0 saturated carbocycles. The molecule has 0 aliphatic rings. The molecule has 0 amide bonds. The van der Waals surface area contributed by atoms with Crippen LogP contribution in [0.15, 0.2) is 12.3 Å². The van der Waals surface area contributed by atoms with Crippen molar-refractivity contribution >= 4 is 5.97 Å². The van der Waals surface area contributed by atoms with Gasteiger partial charge < -0.3 is 10.4 Å². The highest BCUT2D eigenvalue weighted by Gasteiger charge is 2.12. The minimum Gasteiger partial charge on any atom is -0.480 e. The van der Waals surface area contributed by atoms with Gasteiger partial charge >= 0.3 is 5.97 Å². The number of allylic oxidation sites excluding steroid dienone is 1. The van der Waals surface area contributed by atoms with E-state index in [4.69, 9.17) is 5.11 Å². The van der Waals surface area contributed by atoms with Gasteiger partial charge in [0.25, 0.3) is 0 Å². The Kier molecular flexibility index (Phi) is 6.15. The first kappa shape index (κ1) is 11.0. The number of carboxylic acid groups (broad SMARTS) is 1. The molecule has 0 aliphatic heterocycles. The first-order valence-corrected chi connectivity index (χ1v) is 4.36. The molecule has 0 radical (unpaired) electrons. The Morgan fingerprint density at radius 1 is 1.58 bits per heavy atom. The summed E-state index contributed by atoms with van der Waals surface area (Å²) in [4.78, 5) is 10.6. The minimum atomic E-state index is -0.780. The Morgan fingerprint density at radius 3 is 2.67 bits per heavy atom. The average Bonchev–Trinajstić information content (AvgIpc) is 2.03. The first-order chi connectivity index (χ1) is 5.72. The van der Waals surface area contributed by atoms with Crippen molar-refractivity contribution in [2.75, 3.05) is 0 Å². The lowest BCUT2D eigenvalue weighted by atomic mass is 10.2. The van der Waals surface area contributed by atoms with Gasteiger partial charge in [-0.05, 0) is 19.0 Å². The van der Waals surface area contributed by atoms with E-state index < -0.39 is 12.0 Å². The molecule has 12 heavy (non-hydrogen) atoms. The van der Waals surface area contributed by atoms with Gasteiger partial charge in [0.05, 0.1) is 0 Å². The summed E-state index contributed by atoms with van der Waals surface area (Å²) < 4.78 is 0. The lowest BCUT2D eigenvalue weighted by molar-refractivity contribution is -0.139. The molecule has 0 aromatic heterocycles. The number of aliphatic carboxylic acids is 1. The summed E-state index contributed by atoms with van der Waals surface area (Å²) in [6.45, 7) is 3.98. The fraction of sp³-hybridized carbons (Fsp3) is 0.667. The van der Waals surface area contributed by atoms with Crippen LogP contribution in [-0.4, -0.2) is 17.1 Å². The van der Waals surface area contributed by atoms with Crippen molar-refractivity contribution in [2.24, 2.45) is 0 Å². The van der Waals surface area contributed by atoms with E-state index in [0.29, 0.717) is 6.42 Å². The number of hydrogen-bond donors (Lipinski definition) is 2. The van der Waals surface area contributed by atoms with Crippen LogP contribution >= 0.6 is 0 Å². The van der Waals surface area contributed by atoms with Crippen molar-refractivity contribution in [3.63, 3.8) is 0 Å². The summed E-state index contributed by atoms with van der Waals surface area (Å²) in [6, 6.07) is -0.433. The normalized spacial score (nSPS) is 13.2. The quantitative estimate of drug-likeness (QED) is 0.640. The third-order valence-corrected chi connectivity index (χ3v) is 1.53. The van der Waals surface area contributed by atoms with Gasteiger partial charge in [-0.1, -0.05) is 26.3 Å². The molecule has 2 N–H and O–H groups in total. The smallest absolute Gasteiger partial charge is 0.326 e. The number of rotatable bonds is 6. The number of carbonyl (C=O) groups is 1. The molecule has 1 unspecified atom stereocenters. The summed E-state index contributed by atoms with van der Waals surface area (Å²) in [6.07, 6.45) is 6.10. The number of carboxylic acids is 1. The van der Waals surface area contributed by atoms with E-state index in [1.165, 1.54) is 0 Å². The van der Waals surface area contributed by atoms with Crippen LogP contribution in [0.2, 0.25) is 0 Å². The van der Waals surface area contributed by atoms with Crippen molar-refractivity contribution in [1.82, 2.24) is 5.32 Å². The third kappa shape index (κ3) is 4.77. The van der Waals surface area contributed by atoms with Crippen molar-refractivity contribution < 1.29 is 9.90 Å². The van der Waals surface area contributed by atoms with Gasteiger partial charge in [-0.3, -0.25) is 0 Å². The monoisotopic (exact) mass is 171 g/mol. The molecule has 0 saturated heterocycles. The van der Waals surface area contributed by atoms with Crippen LogP contribution in [0.1, 0.15) is 33.1 Å². The van der Waals surface area contributed by atoms with Crippen LogP contribution < -0.4 is 5.32 Å². The Bertz CT molecular complexity index is 155. The van der Waals surface area contributed by atoms with E-state index in [2.05, 4.69) is 5.32 Å². The first-order valence-electron chi connectivity index (χ1n) is 4.36. The van der Waals surface area contributed by atoms with Gasteiger partial charge in [0.1, 0.15) is 6.04 Å². The zero-order valence-corrected chi connectivity index (χ0v) is 7.71. The van der Waals surface area contributed by atoms with E-state index in [1.807, 2.05) is 19.9 Å². The van der Waals surface area contributed by atoms with E-state index in [-0.39, 0.29) is 0 Å². The van der Waals surface area contributed by atoms with Crippen LogP contribution in [0, 0.1) is 0 Å². The minimum absolute atomic E-state index is 0.433. The van der Waals surface area contributed by atoms with Crippen LogP contribution in [0.25, 0.3) is 0 Å². The highest BCUT2D eigenvalue weighted by atomic mass is 16.4. The molecule has 0 aromatic carbocycles. The number of nitrogens with one attached hydrogen (secondary N) is 1. The molecule has 3 heteroatoms. The topological polar surface area (TPSA) is 49.3 Å². The highest BCUT2D eigenvalue weighted by molar-refractivity contribution is 5.73. The van der Waals surface area contributed by atoms with Crippen molar-refractivity contribution in [1.29, 1.82) is 0 Å². The van der Waals surface area contributed by atoms with E-state index in [1.54, 1.807) is 6.20 Å². The molecular weight excluding hydrogens is 154 g/mol. The van der Waals surface area contributed by atoms with Crippen LogP contribution in [-0.2, 0) is 4.79 Å². The fourth-order valence-electron chi connectivity index (χ4n) is 0.869. The summed E-state index contributed by atoms with van der Waals surface area (Å²) in [5.74, 6) is -0.780. The molecule has 0 aromatic rings. The van der Waals surface area contributed by atoms with Gasteiger partial charge in [0.15, 0.2) is 0 Å². The standard InChI is InChI=1S/C9H17NO2/c1-3-5-7-10-8(6-4-2)9(11)12/h5,7-8,10H,3-4,6H2,1-2H3,(H,11,12). The molecule has 0 spiro atoms. The van der Waals surface area contributed by atoms with Crippen LogP contribution in [0.4, 0.5) is 0 Å². The number of hydrogen-bond acceptors (Lipinski definition) is 2. The summed E-state index contributed by atoms with van der Waals surface area (Å²) in [5.41, 5.74) is 0.